The summed E-state index contributed by atoms with van der Waals surface area (Å²) in [7, 11) is -4.23. The van der Waals surface area contributed by atoms with Gasteiger partial charge in [-0.25, -0.2) is 8.42 Å². The summed E-state index contributed by atoms with van der Waals surface area (Å²) in [6.07, 6.45) is 9.10. The van der Waals surface area contributed by atoms with Crippen molar-refractivity contribution in [2.75, 3.05) is 42.8 Å². The molecule has 12 nitrogen and oxygen atoms in total. The standard InChI is InChI=1S/C32H42N6O6S.2ClH/c1-2-43-30(39)22-45(41,42)38(17-7-9-23-8-6-10-24(20-23)31(33)34)25-12-13-28(27(21-25)32(35)40)44-26-14-18-37(19-15-26)29-11-4-3-5-16-36-29;;/h6-10,12-13,20-21,26H,2-5,11,14-19,22H2,1H3,(H3,33,34)(H2,35,40);2*1H/b9-7+;;. The minimum Gasteiger partial charge on any atom is -0.489 e. The monoisotopic (exact) mass is 710 g/mol. The van der Waals surface area contributed by atoms with Gasteiger partial charge in [0.1, 0.15) is 17.7 Å². The first-order chi connectivity index (χ1) is 21.6. The van der Waals surface area contributed by atoms with Crippen LogP contribution < -0.4 is 20.5 Å². The number of nitrogen functional groups attached to an aromatic ring is 1. The SMILES string of the molecule is CCOC(=O)CS(=O)(=O)N(C/C=C/c1cccc(C(=N)N)c1)c1ccc(OC2CCN(C3=NCCCCC3)CC2)c(C(N)=O)c1.Cl.Cl. The second-order valence-corrected chi connectivity index (χ2v) is 12.9. The summed E-state index contributed by atoms with van der Waals surface area (Å²) in [6.45, 7) is 3.94. The lowest BCUT2D eigenvalue weighted by Crippen LogP contribution is -2.42. The Bertz CT molecular complexity index is 1560. The Morgan fingerprint density at radius 3 is 2.51 bits per heavy atom. The molecule has 2 heterocycles. The summed E-state index contributed by atoms with van der Waals surface area (Å²) in [5.41, 5.74) is 12.7. The lowest BCUT2D eigenvalue weighted by molar-refractivity contribution is -0.139. The van der Waals surface area contributed by atoms with E-state index in [1.807, 2.05) is 0 Å². The van der Waals surface area contributed by atoms with Gasteiger partial charge in [0.25, 0.3) is 5.91 Å². The first-order valence-corrected chi connectivity index (χ1v) is 16.8. The maximum Gasteiger partial charge on any atom is 0.323 e. The van der Waals surface area contributed by atoms with Crippen molar-refractivity contribution in [2.24, 2.45) is 16.5 Å². The smallest absolute Gasteiger partial charge is 0.323 e. The zero-order chi connectivity index (χ0) is 32.4. The van der Waals surface area contributed by atoms with Crippen LogP contribution in [0.15, 0.2) is 53.5 Å². The summed E-state index contributed by atoms with van der Waals surface area (Å²) in [5, 5.41) is 7.65. The van der Waals surface area contributed by atoms with Gasteiger partial charge in [0.2, 0.25) is 10.0 Å². The number of halogens is 2. The number of amidine groups is 2. The van der Waals surface area contributed by atoms with E-state index in [2.05, 4.69) is 4.90 Å². The predicted molar refractivity (Wildman–Crippen MR) is 190 cm³/mol. The highest BCUT2D eigenvalue weighted by molar-refractivity contribution is 7.93. The van der Waals surface area contributed by atoms with Crippen LogP contribution in [0.25, 0.3) is 6.08 Å². The van der Waals surface area contributed by atoms with Crippen LogP contribution in [0.2, 0.25) is 0 Å². The molecule has 1 amide bonds. The number of hydrogen-bond acceptors (Lipinski definition) is 9. The predicted octanol–water partition coefficient (Wildman–Crippen LogP) is 4.14. The number of likely N-dealkylation sites (tertiary alicyclic amines) is 1. The minimum atomic E-state index is -4.23. The molecule has 0 bridgehead atoms. The van der Waals surface area contributed by atoms with Gasteiger partial charge >= 0.3 is 5.97 Å². The normalized spacial score (nSPS) is 15.4. The van der Waals surface area contributed by atoms with Crippen molar-refractivity contribution in [3.8, 4) is 5.75 Å². The van der Waals surface area contributed by atoms with Crippen LogP contribution in [0, 0.1) is 5.41 Å². The molecule has 4 rings (SSSR count). The number of benzene rings is 2. The number of amides is 1. The average Bonchev–Trinajstić information content (AvgIpc) is 3.30. The third-order valence-corrected chi connectivity index (χ3v) is 9.32. The number of nitrogens with one attached hydrogen (secondary N) is 1. The maximum absolute atomic E-state index is 13.5. The number of esters is 1. The van der Waals surface area contributed by atoms with Gasteiger partial charge in [-0.15, -0.1) is 24.8 Å². The first-order valence-electron chi connectivity index (χ1n) is 15.2. The molecule has 2 aliphatic rings. The molecule has 0 aromatic heterocycles. The molecule has 0 saturated carbocycles. The number of hydrogen-bond donors (Lipinski definition) is 3. The van der Waals surface area contributed by atoms with Gasteiger partial charge in [-0.2, -0.15) is 0 Å². The number of carbonyl (C=O) groups excluding carboxylic acids is 2. The van der Waals surface area contributed by atoms with E-state index < -0.39 is 27.7 Å². The van der Waals surface area contributed by atoms with Crippen molar-refractivity contribution in [3.63, 3.8) is 0 Å². The van der Waals surface area contributed by atoms with E-state index in [1.54, 1.807) is 49.4 Å². The van der Waals surface area contributed by atoms with E-state index in [0.717, 1.165) is 61.9 Å². The van der Waals surface area contributed by atoms with Gasteiger partial charge in [0.05, 0.1) is 30.2 Å². The molecule has 0 unspecified atom stereocenters. The number of nitrogens with two attached hydrogens (primary N) is 2. The maximum atomic E-state index is 13.5. The summed E-state index contributed by atoms with van der Waals surface area (Å²) in [4.78, 5) is 31.8. The number of nitrogens with zero attached hydrogens (tertiary/aromatic N) is 3. The van der Waals surface area contributed by atoms with Crippen LogP contribution in [0.5, 0.6) is 5.75 Å². The fourth-order valence-electron chi connectivity index (χ4n) is 5.40. The number of carbonyl (C=O) groups is 2. The van der Waals surface area contributed by atoms with Crippen LogP contribution in [-0.2, 0) is 19.6 Å². The second kappa shape index (κ2) is 18.5. The summed E-state index contributed by atoms with van der Waals surface area (Å²) < 4.78 is 39.1. The Morgan fingerprint density at radius 2 is 1.83 bits per heavy atom. The number of aliphatic imine (C=N–C) groups is 1. The molecule has 258 valence electrons. The molecule has 2 aliphatic heterocycles. The fourth-order valence-corrected chi connectivity index (χ4v) is 6.69. The van der Waals surface area contributed by atoms with Crippen molar-refractivity contribution in [1.29, 1.82) is 5.41 Å². The third kappa shape index (κ3) is 11.1. The molecule has 0 radical (unpaired) electrons. The molecular weight excluding hydrogens is 667 g/mol. The topological polar surface area (TPSA) is 181 Å². The van der Waals surface area contributed by atoms with E-state index in [-0.39, 0.29) is 66.9 Å². The van der Waals surface area contributed by atoms with Gasteiger partial charge < -0.3 is 25.8 Å². The highest BCUT2D eigenvalue weighted by atomic mass is 35.5. The van der Waals surface area contributed by atoms with Gasteiger partial charge in [0, 0.05) is 44.5 Å². The fraction of sp³-hybridized carbons (Fsp3) is 0.438. The zero-order valence-corrected chi connectivity index (χ0v) is 28.9. The Hall–Kier alpha value is -3.81. The quantitative estimate of drug-likeness (QED) is 0.167. The van der Waals surface area contributed by atoms with E-state index in [1.165, 1.54) is 18.6 Å². The van der Waals surface area contributed by atoms with Gasteiger partial charge in [-0.05, 0) is 49.6 Å². The first kappa shape index (κ1) is 39.4. The molecular formula is C32H44Cl2N6O6S. The average molecular weight is 712 g/mol. The molecule has 2 aromatic carbocycles. The van der Waals surface area contributed by atoms with E-state index in [0.29, 0.717) is 11.1 Å². The van der Waals surface area contributed by atoms with Crippen LogP contribution in [0.3, 0.4) is 0 Å². The van der Waals surface area contributed by atoms with Crippen LogP contribution in [0.4, 0.5) is 5.69 Å². The Morgan fingerprint density at radius 1 is 1.09 bits per heavy atom. The highest BCUT2D eigenvalue weighted by Gasteiger charge is 2.28. The summed E-state index contributed by atoms with van der Waals surface area (Å²) in [5.74, 6) is -1.20. The zero-order valence-electron chi connectivity index (χ0n) is 26.4. The van der Waals surface area contributed by atoms with Crippen LogP contribution in [0.1, 0.15) is 66.9 Å². The largest absolute Gasteiger partial charge is 0.489 e. The number of sulfonamides is 1. The lowest BCUT2D eigenvalue weighted by atomic mass is 10.1. The molecule has 0 aliphatic carbocycles. The number of anilines is 1. The van der Waals surface area contributed by atoms with Crippen LogP contribution >= 0.6 is 24.8 Å². The number of ether oxygens (including phenoxy) is 2. The molecule has 47 heavy (non-hydrogen) atoms. The number of piperidine rings is 1. The van der Waals surface area contributed by atoms with Crippen molar-refractivity contribution < 1.29 is 27.5 Å². The van der Waals surface area contributed by atoms with Crippen LogP contribution in [-0.4, -0.2) is 81.5 Å². The van der Waals surface area contributed by atoms with Gasteiger partial charge in [-0.3, -0.25) is 24.3 Å². The highest BCUT2D eigenvalue weighted by Crippen LogP contribution is 2.30. The molecule has 0 spiro atoms. The second-order valence-electron chi connectivity index (χ2n) is 11.0. The van der Waals surface area contributed by atoms with Crippen molar-refractivity contribution in [2.45, 2.75) is 51.6 Å². The van der Waals surface area contributed by atoms with Crippen molar-refractivity contribution in [1.82, 2.24) is 4.90 Å². The van der Waals surface area contributed by atoms with Gasteiger partial charge in [0.15, 0.2) is 5.75 Å². The molecule has 1 saturated heterocycles. The summed E-state index contributed by atoms with van der Waals surface area (Å²) in [6, 6.07) is 11.4. The molecule has 15 heteroatoms. The Kier molecular flexibility index (Phi) is 15.5. The van der Waals surface area contributed by atoms with E-state index in [4.69, 9.17) is 31.3 Å². The van der Waals surface area contributed by atoms with Gasteiger partial charge in [-0.1, -0.05) is 36.8 Å². The number of primary amides is 1. The minimum absolute atomic E-state index is 0. The number of rotatable bonds is 12. The van der Waals surface area contributed by atoms with Crippen molar-refractivity contribution >= 4 is 70.1 Å². The molecule has 5 N–H and O–H groups in total. The van der Waals surface area contributed by atoms with E-state index >= 15 is 0 Å². The molecule has 0 atom stereocenters. The molecule has 2 aromatic rings. The van der Waals surface area contributed by atoms with Crippen molar-refractivity contribution in [3.05, 3.63) is 65.2 Å². The lowest BCUT2D eigenvalue weighted by Gasteiger charge is -2.34. The summed E-state index contributed by atoms with van der Waals surface area (Å²) >= 11 is 0. The molecule has 1 fully saturated rings. The third-order valence-electron chi connectivity index (χ3n) is 7.69. The Balaban J connectivity index is 0.00000384. The Labute approximate surface area is 288 Å². The van der Waals surface area contributed by atoms with E-state index in [9.17, 15) is 18.0 Å².